The van der Waals surface area contributed by atoms with E-state index in [-0.39, 0.29) is 36.0 Å². The Hall–Kier alpha value is -2.81. The van der Waals surface area contributed by atoms with Gasteiger partial charge in [-0.25, -0.2) is 0 Å². The van der Waals surface area contributed by atoms with E-state index in [2.05, 4.69) is 5.32 Å². The Morgan fingerprint density at radius 1 is 1.13 bits per heavy atom. The van der Waals surface area contributed by atoms with Crippen LogP contribution in [0.2, 0.25) is 0 Å². The number of carbonyl (C=O) groups excluding carboxylic acids is 2. The van der Waals surface area contributed by atoms with Gasteiger partial charge < -0.3 is 19.5 Å². The van der Waals surface area contributed by atoms with Gasteiger partial charge in [-0.2, -0.15) is 13.2 Å². The number of benzene rings is 1. The first kappa shape index (κ1) is 23.5. The van der Waals surface area contributed by atoms with Crippen LogP contribution in [0.25, 0.3) is 0 Å². The molecule has 0 saturated heterocycles. The molecule has 0 radical (unpaired) electrons. The van der Waals surface area contributed by atoms with Gasteiger partial charge in [0.25, 0.3) is 5.91 Å². The average molecular weight is 426 g/mol. The number of anilines is 1. The number of likely N-dealkylation sites (N-methyl/N-ethyl adjacent to an activating group) is 1. The summed E-state index contributed by atoms with van der Waals surface area (Å²) < 4.78 is 44.5. The van der Waals surface area contributed by atoms with Gasteiger partial charge in [0.1, 0.15) is 18.8 Å². The quantitative estimate of drug-likeness (QED) is 0.606. The molecule has 2 rings (SSSR count). The summed E-state index contributed by atoms with van der Waals surface area (Å²) >= 11 is 0. The lowest BCUT2D eigenvalue weighted by Crippen LogP contribution is -3.13. The molecule has 1 aromatic heterocycles. The van der Waals surface area contributed by atoms with Gasteiger partial charge in [-0.1, -0.05) is 0 Å². The summed E-state index contributed by atoms with van der Waals surface area (Å²) in [7, 11) is 1.55. The first-order valence-electron chi connectivity index (χ1n) is 9.58. The molecule has 1 unspecified atom stereocenters. The van der Waals surface area contributed by atoms with Crippen LogP contribution in [-0.2, 0) is 11.3 Å². The highest BCUT2D eigenvalue weighted by atomic mass is 19.4. The largest absolute Gasteiger partial charge is 0.497 e. The molecule has 164 valence electrons. The predicted molar refractivity (Wildman–Crippen MR) is 107 cm³/mol. The fraction of sp³-hybridized carbons (Fsp3) is 0.429. The molecule has 0 aliphatic carbocycles. The lowest BCUT2D eigenvalue weighted by atomic mass is 10.1. The fourth-order valence-electron chi connectivity index (χ4n) is 3.25. The Morgan fingerprint density at radius 2 is 1.77 bits per heavy atom. The monoisotopic (exact) mass is 426 g/mol. The van der Waals surface area contributed by atoms with Crippen LogP contribution in [-0.4, -0.2) is 49.2 Å². The van der Waals surface area contributed by atoms with Crippen molar-refractivity contribution in [3.63, 3.8) is 0 Å². The fourth-order valence-corrected chi connectivity index (χ4v) is 3.25. The third-order valence-corrected chi connectivity index (χ3v) is 4.91. The number of nitrogens with zero attached hydrogens (tertiary/aromatic N) is 1. The van der Waals surface area contributed by atoms with Gasteiger partial charge >= 0.3 is 6.18 Å². The van der Waals surface area contributed by atoms with Gasteiger partial charge in [0.15, 0.2) is 6.54 Å². The normalized spacial score (nSPS) is 12.5. The SMILES string of the molecule is CC[NH+](CC(=O)Nc1ccc(OC)cc1)CC(=O)c1cc(C)n(CC(F)(F)F)c1C. The van der Waals surface area contributed by atoms with Crippen molar-refractivity contribution in [3.05, 3.63) is 47.3 Å². The van der Waals surface area contributed by atoms with Crippen molar-refractivity contribution >= 4 is 17.4 Å². The van der Waals surface area contributed by atoms with Crippen molar-refractivity contribution in [1.82, 2.24) is 4.57 Å². The number of hydrogen-bond acceptors (Lipinski definition) is 3. The van der Waals surface area contributed by atoms with Crippen LogP contribution in [0.1, 0.15) is 28.7 Å². The summed E-state index contributed by atoms with van der Waals surface area (Å²) in [6.45, 7) is 4.36. The molecule has 1 heterocycles. The number of carbonyl (C=O) groups is 2. The van der Waals surface area contributed by atoms with Crippen molar-refractivity contribution in [2.45, 2.75) is 33.5 Å². The molecule has 1 aromatic carbocycles. The van der Waals surface area contributed by atoms with E-state index in [0.29, 0.717) is 28.6 Å². The minimum absolute atomic E-state index is 0.0167. The summed E-state index contributed by atoms with van der Waals surface area (Å²) in [6.07, 6.45) is -4.37. The second-order valence-electron chi connectivity index (χ2n) is 7.14. The van der Waals surface area contributed by atoms with E-state index in [1.165, 1.54) is 13.0 Å². The van der Waals surface area contributed by atoms with Crippen molar-refractivity contribution < 1.29 is 32.4 Å². The Morgan fingerprint density at radius 3 is 2.30 bits per heavy atom. The van der Waals surface area contributed by atoms with E-state index in [0.717, 1.165) is 4.57 Å². The summed E-state index contributed by atoms with van der Waals surface area (Å²) in [5, 5.41) is 2.77. The number of halogens is 3. The first-order chi connectivity index (χ1) is 14.0. The molecule has 1 atom stereocenters. The van der Waals surface area contributed by atoms with Crippen LogP contribution in [0.4, 0.5) is 18.9 Å². The number of aryl methyl sites for hydroxylation is 1. The van der Waals surface area contributed by atoms with E-state index in [1.54, 1.807) is 38.3 Å². The van der Waals surface area contributed by atoms with Gasteiger partial charge in [0.05, 0.1) is 13.7 Å². The molecule has 0 fully saturated rings. The molecular weight excluding hydrogens is 399 g/mol. The molecule has 6 nitrogen and oxygen atoms in total. The Labute approximate surface area is 173 Å². The molecule has 2 N–H and O–H groups in total. The lowest BCUT2D eigenvalue weighted by Gasteiger charge is -2.17. The van der Waals surface area contributed by atoms with Gasteiger partial charge in [-0.15, -0.1) is 0 Å². The van der Waals surface area contributed by atoms with Crippen molar-refractivity contribution in [2.75, 3.05) is 32.1 Å². The van der Waals surface area contributed by atoms with Crippen LogP contribution in [0.3, 0.4) is 0 Å². The van der Waals surface area contributed by atoms with E-state index < -0.39 is 12.7 Å². The molecule has 1 amide bonds. The first-order valence-corrected chi connectivity index (χ1v) is 9.58. The maximum absolute atomic E-state index is 12.8. The van der Waals surface area contributed by atoms with Crippen LogP contribution >= 0.6 is 0 Å². The predicted octanol–water partition coefficient (Wildman–Crippen LogP) is 2.40. The van der Waals surface area contributed by atoms with Gasteiger partial charge in [-0.05, 0) is 51.1 Å². The third-order valence-electron chi connectivity index (χ3n) is 4.91. The topological polar surface area (TPSA) is 64.8 Å². The number of amides is 1. The summed E-state index contributed by atoms with van der Waals surface area (Å²) in [5.74, 6) is 0.125. The number of methoxy groups -OCH3 is 1. The summed E-state index contributed by atoms with van der Waals surface area (Å²) in [4.78, 5) is 25.8. The number of ketones is 1. The van der Waals surface area contributed by atoms with Crippen LogP contribution in [0, 0.1) is 13.8 Å². The molecule has 0 aliphatic heterocycles. The van der Waals surface area contributed by atoms with Crippen molar-refractivity contribution in [1.29, 1.82) is 0 Å². The van der Waals surface area contributed by atoms with Crippen LogP contribution < -0.4 is 15.0 Å². The zero-order chi connectivity index (χ0) is 22.5. The molecule has 2 aromatic rings. The zero-order valence-corrected chi connectivity index (χ0v) is 17.5. The molecule has 0 spiro atoms. The molecule has 0 saturated carbocycles. The highest BCUT2D eigenvalue weighted by Crippen LogP contribution is 2.23. The smallest absolute Gasteiger partial charge is 0.406 e. The molecule has 30 heavy (non-hydrogen) atoms. The number of hydrogen-bond donors (Lipinski definition) is 2. The number of rotatable bonds is 9. The molecular formula is C21H27F3N3O3+. The number of nitrogens with one attached hydrogen (secondary N) is 2. The van der Waals surface area contributed by atoms with Crippen LogP contribution in [0.5, 0.6) is 5.75 Å². The second-order valence-corrected chi connectivity index (χ2v) is 7.14. The van der Waals surface area contributed by atoms with Gasteiger partial charge in [0, 0.05) is 22.6 Å². The van der Waals surface area contributed by atoms with Crippen LogP contribution in [0.15, 0.2) is 30.3 Å². The second kappa shape index (κ2) is 9.80. The Bertz CT molecular complexity index is 889. The highest BCUT2D eigenvalue weighted by molar-refractivity contribution is 5.98. The van der Waals surface area contributed by atoms with E-state index in [9.17, 15) is 22.8 Å². The highest BCUT2D eigenvalue weighted by Gasteiger charge is 2.31. The van der Waals surface area contributed by atoms with Gasteiger partial charge in [-0.3, -0.25) is 9.59 Å². The number of alkyl halides is 3. The minimum atomic E-state index is -4.37. The standard InChI is InChI=1S/C21H26F3N3O3/c1-5-26(12-20(29)25-16-6-8-17(30-4)9-7-16)11-19(28)18-10-14(2)27(15(18)3)13-21(22,23)24/h6-10H,5,11-13H2,1-4H3,(H,25,29)/p+1. The molecule has 0 bridgehead atoms. The molecule has 9 heteroatoms. The number of quaternary nitrogens is 1. The van der Waals surface area contributed by atoms with E-state index in [1.807, 2.05) is 6.92 Å². The third kappa shape index (κ3) is 6.35. The summed E-state index contributed by atoms with van der Waals surface area (Å²) in [6, 6.07) is 8.35. The Balaban J connectivity index is 2.02. The Kier molecular flexibility index (Phi) is 7.66. The van der Waals surface area contributed by atoms with E-state index in [4.69, 9.17) is 4.74 Å². The number of aromatic nitrogens is 1. The lowest BCUT2D eigenvalue weighted by molar-refractivity contribution is -0.881. The average Bonchev–Trinajstić information content (AvgIpc) is 2.95. The summed E-state index contributed by atoms with van der Waals surface area (Å²) in [5.41, 5.74) is 1.54. The maximum atomic E-state index is 12.8. The van der Waals surface area contributed by atoms with E-state index >= 15 is 0 Å². The number of Topliss-reactive ketones (excluding diaryl/α,β-unsaturated/α-hetero) is 1. The minimum Gasteiger partial charge on any atom is -0.497 e. The zero-order valence-electron chi connectivity index (χ0n) is 17.5. The molecule has 0 aliphatic rings. The number of ether oxygens (including phenoxy) is 1. The maximum Gasteiger partial charge on any atom is 0.406 e. The van der Waals surface area contributed by atoms with Crippen molar-refractivity contribution in [3.8, 4) is 5.75 Å². The van der Waals surface area contributed by atoms with Gasteiger partial charge in [0.2, 0.25) is 5.78 Å². The van der Waals surface area contributed by atoms with Crippen molar-refractivity contribution in [2.24, 2.45) is 0 Å².